The molecule has 2 fully saturated rings. The molecule has 0 radical (unpaired) electrons. The van der Waals surface area contributed by atoms with E-state index in [0.29, 0.717) is 17.9 Å². The summed E-state index contributed by atoms with van der Waals surface area (Å²) in [4.78, 5) is 13.9. The van der Waals surface area contributed by atoms with E-state index in [1.165, 1.54) is 32.1 Å². The lowest BCUT2D eigenvalue weighted by atomic mass is 9.90. The topological polar surface area (TPSA) is 32.3 Å². The number of hydrogen-bond acceptors (Lipinski definition) is 2. The summed E-state index contributed by atoms with van der Waals surface area (Å²) in [7, 11) is 1.97. The van der Waals surface area contributed by atoms with Gasteiger partial charge in [-0.15, -0.1) is 0 Å². The largest absolute Gasteiger partial charge is 0.343 e. The van der Waals surface area contributed by atoms with Gasteiger partial charge < -0.3 is 10.2 Å². The van der Waals surface area contributed by atoms with Crippen molar-refractivity contribution >= 4 is 5.91 Å². The van der Waals surface area contributed by atoms with Crippen LogP contribution >= 0.6 is 0 Å². The van der Waals surface area contributed by atoms with Crippen molar-refractivity contribution in [2.75, 3.05) is 20.1 Å². The van der Waals surface area contributed by atoms with Crippen molar-refractivity contribution in [1.29, 1.82) is 0 Å². The lowest BCUT2D eigenvalue weighted by Gasteiger charge is -2.36. The molecule has 0 aromatic carbocycles. The number of nitrogens with one attached hydrogen (secondary N) is 1. The second-order valence-corrected chi connectivity index (χ2v) is 5.01. The van der Waals surface area contributed by atoms with Crippen LogP contribution in [0.3, 0.4) is 0 Å². The van der Waals surface area contributed by atoms with Crippen molar-refractivity contribution in [3.05, 3.63) is 0 Å². The zero-order valence-corrected chi connectivity index (χ0v) is 9.67. The second kappa shape index (κ2) is 4.97. The quantitative estimate of drug-likeness (QED) is 0.763. The fourth-order valence-electron chi connectivity index (χ4n) is 2.47. The Balaban J connectivity index is 1.74. The van der Waals surface area contributed by atoms with Crippen LogP contribution in [0.5, 0.6) is 0 Å². The Morgan fingerprint density at radius 3 is 2.67 bits per heavy atom. The molecule has 3 heteroatoms. The number of hydrogen-bond donors (Lipinski definition) is 1. The molecule has 15 heavy (non-hydrogen) atoms. The first-order valence-electron chi connectivity index (χ1n) is 6.24. The van der Waals surface area contributed by atoms with Crippen molar-refractivity contribution < 1.29 is 4.79 Å². The molecule has 0 aromatic heterocycles. The van der Waals surface area contributed by atoms with Crippen LogP contribution in [0.1, 0.15) is 38.5 Å². The third-order valence-corrected chi connectivity index (χ3v) is 3.88. The first kappa shape index (κ1) is 10.9. The summed E-state index contributed by atoms with van der Waals surface area (Å²) in [5.74, 6) is 0.933. The molecule has 1 amide bonds. The minimum absolute atomic E-state index is 0.355. The standard InChI is InChI=1S/C12H22N2O/c1-14(11-5-2-6-11)12(15)8-10-4-3-7-13-9-10/h10-11,13H,2-9H2,1H3. The van der Waals surface area contributed by atoms with Gasteiger partial charge in [0, 0.05) is 19.5 Å². The summed E-state index contributed by atoms with van der Waals surface area (Å²) >= 11 is 0. The summed E-state index contributed by atoms with van der Waals surface area (Å²) in [5, 5.41) is 3.37. The fourth-order valence-corrected chi connectivity index (χ4v) is 2.47. The number of rotatable bonds is 3. The lowest BCUT2D eigenvalue weighted by Crippen LogP contribution is -2.43. The van der Waals surface area contributed by atoms with Gasteiger partial charge in [-0.05, 0) is 51.1 Å². The van der Waals surface area contributed by atoms with E-state index in [0.717, 1.165) is 19.5 Å². The maximum atomic E-state index is 11.9. The predicted octanol–water partition coefficient (Wildman–Crippen LogP) is 1.39. The van der Waals surface area contributed by atoms with Crippen LogP contribution in [0.4, 0.5) is 0 Å². The summed E-state index contributed by atoms with van der Waals surface area (Å²) in [5.41, 5.74) is 0. The number of amides is 1. The average molecular weight is 210 g/mol. The average Bonchev–Trinajstić information content (AvgIpc) is 2.16. The number of piperidine rings is 1. The Morgan fingerprint density at radius 2 is 2.13 bits per heavy atom. The Bertz CT molecular complexity index is 220. The molecule has 1 saturated heterocycles. The molecule has 2 aliphatic rings. The minimum atomic E-state index is 0.355. The van der Waals surface area contributed by atoms with Crippen LogP contribution in [0.2, 0.25) is 0 Å². The molecule has 1 unspecified atom stereocenters. The molecule has 0 spiro atoms. The van der Waals surface area contributed by atoms with E-state index >= 15 is 0 Å². The van der Waals surface area contributed by atoms with Gasteiger partial charge in [-0.1, -0.05) is 0 Å². The van der Waals surface area contributed by atoms with E-state index in [9.17, 15) is 4.79 Å². The summed E-state index contributed by atoms with van der Waals surface area (Å²) in [6, 6.07) is 0.550. The molecule has 1 atom stereocenters. The Hall–Kier alpha value is -0.570. The molecule has 1 saturated carbocycles. The van der Waals surface area contributed by atoms with Gasteiger partial charge in [0.2, 0.25) is 5.91 Å². The van der Waals surface area contributed by atoms with E-state index in [4.69, 9.17) is 0 Å². The number of carbonyl (C=O) groups is 1. The van der Waals surface area contributed by atoms with E-state index in [1.807, 2.05) is 11.9 Å². The van der Waals surface area contributed by atoms with Gasteiger partial charge in [-0.2, -0.15) is 0 Å². The van der Waals surface area contributed by atoms with Gasteiger partial charge in [0.05, 0.1) is 0 Å². The summed E-state index contributed by atoms with van der Waals surface area (Å²) < 4.78 is 0. The third kappa shape index (κ3) is 2.71. The van der Waals surface area contributed by atoms with Crippen molar-refractivity contribution in [1.82, 2.24) is 10.2 Å². The molecule has 1 aliphatic heterocycles. The number of nitrogens with zero attached hydrogens (tertiary/aromatic N) is 1. The van der Waals surface area contributed by atoms with Crippen LogP contribution < -0.4 is 5.32 Å². The predicted molar refractivity (Wildman–Crippen MR) is 60.6 cm³/mol. The molecule has 0 aromatic rings. The van der Waals surface area contributed by atoms with Gasteiger partial charge in [-0.3, -0.25) is 4.79 Å². The van der Waals surface area contributed by atoms with Gasteiger partial charge in [0.25, 0.3) is 0 Å². The molecular formula is C12H22N2O. The zero-order chi connectivity index (χ0) is 10.7. The van der Waals surface area contributed by atoms with Crippen LogP contribution in [0, 0.1) is 5.92 Å². The SMILES string of the molecule is CN(C(=O)CC1CCCNC1)C1CCC1. The van der Waals surface area contributed by atoms with E-state index in [-0.39, 0.29) is 0 Å². The van der Waals surface area contributed by atoms with Crippen molar-refractivity contribution in [2.24, 2.45) is 5.92 Å². The Kier molecular flexibility index (Phi) is 3.62. The van der Waals surface area contributed by atoms with Gasteiger partial charge in [0.1, 0.15) is 0 Å². The van der Waals surface area contributed by atoms with Gasteiger partial charge in [-0.25, -0.2) is 0 Å². The maximum Gasteiger partial charge on any atom is 0.222 e. The van der Waals surface area contributed by atoms with E-state index < -0.39 is 0 Å². The summed E-state index contributed by atoms with van der Waals surface area (Å²) in [6.45, 7) is 2.16. The molecule has 86 valence electrons. The highest BCUT2D eigenvalue weighted by molar-refractivity contribution is 5.76. The highest BCUT2D eigenvalue weighted by Crippen LogP contribution is 2.25. The molecule has 3 nitrogen and oxygen atoms in total. The van der Waals surface area contributed by atoms with Crippen molar-refractivity contribution in [2.45, 2.75) is 44.6 Å². The lowest BCUT2D eigenvalue weighted by molar-refractivity contribution is -0.134. The van der Waals surface area contributed by atoms with E-state index in [1.54, 1.807) is 0 Å². The summed E-state index contributed by atoms with van der Waals surface area (Å²) in [6.07, 6.45) is 6.92. The molecule has 1 heterocycles. The zero-order valence-electron chi connectivity index (χ0n) is 9.67. The Labute approximate surface area is 92.2 Å². The van der Waals surface area contributed by atoms with Gasteiger partial charge >= 0.3 is 0 Å². The highest BCUT2D eigenvalue weighted by Gasteiger charge is 2.27. The molecule has 1 N–H and O–H groups in total. The molecular weight excluding hydrogens is 188 g/mol. The highest BCUT2D eigenvalue weighted by atomic mass is 16.2. The third-order valence-electron chi connectivity index (χ3n) is 3.88. The second-order valence-electron chi connectivity index (χ2n) is 5.01. The van der Waals surface area contributed by atoms with Crippen LogP contribution in [0.25, 0.3) is 0 Å². The van der Waals surface area contributed by atoms with Crippen LogP contribution in [0.15, 0.2) is 0 Å². The normalized spacial score (nSPS) is 27.1. The van der Waals surface area contributed by atoms with E-state index in [2.05, 4.69) is 5.32 Å². The number of carbonyl (C=O) groups excluding carboxylic acids is 1. The molecule has 2 rings (SSSR count). The smallest absolute Gasteiger partial charge is 0.222 e. The first-order chi connectivity index (χ1) is 7.27. The van der Waals surface area contributed by atoms with Crippen LogP contribution in [-0.2, 0) is 4.79 Å². The minimum Gasteiger partial charge on any atom is -0.343 e. The first-order valence-corrected chi connectivity index (χ1v) is 6.24. The van der Waals surface area contributed by atoms with Crippen molar-refractivity contribution in [3.8, 4) is 0 Å². The molecule has 0 bridgehead atoms. The molecule has 1 aliphatic carbocycles. The maximum absolute atomic E-state index is 11.9. The van der Waals surface area contributed by atoms with Crippen LogP contribution in [-0.4, -0.2) is 37.0 Å². The fraction of sp³-hybridized carbons (Fsp3) is 0.917. The van der Waals surface area contributed by atoms with Crippen molar-refractivity contribution in [3.63, 3.8) is 0 Å². The Morgan fingerprint density at radius 1 is 1.33 bits per heavy atom. The van der Waals surface area contributed by atoms with Gasteiger partial charge in [0.15, 0.2) is 0 Å². The monoisotopic (exact) mass is 210 g/mol.